The normalized spacial score (nSPS) is 18.5. The van der Waals surface area contributed by atoms with E-state index in [0.717, 1.165) is 30.6 Å². The van der Waals surface area contributed by atoms with Crippen molar-refractivity contribution in [1.82, 2.24) is 15.3 Å². The van der Waals surface area contributed by atoms with Gasteiger partial charge in [0.1, 0.15) is 11.4 Å². The maximum Gasteiger partial charge on any atom is 0.254 e. The molecule has 2 N–H and O–H groups in total. The number of rotatable bonds is 3. The van der Waals surface area contributed by atoms with Gasteiger partial charge in [0, 0.05) is 19.2 Å². The highest BCUT2D eigenvalue weighted by Crippen LogP contribution is 2.24. The Balaban J connectivity index is 2.51. The average molecular weight is 237 g/mol. The zero-order valence-corrected chi connectivity index (χ0v) is 10.6. The molecule has 0 amide bonds. The van der Waals surface area contributed by atoms with Crippen molar-refractivity contribution >= 4 is 0 Å². The van der Waals surface area contributed by atoms with E-state index in [1.165, 1.54) is 0 Å². The number of fused-ring (bicyclic) bond motifs is 1. The molecule has 2 rings (SSSR count). The van der Waals surface area contributed by atoms with Crippen molar-refractivity contribution in [3.8, 4) is 0 Å². The smallest absolute Gasteiger partial charge is 0.254 e. The summed E-state index contributed by atoms with van der Waals surface area (Å²) < 4.78 is 5.47. The minimum atomic E-state index is -0.522. The van der Waals surface area contributed by atoms with Crippen molar-refractivity contribution in [1.29, 1.82) is 0 Å². The van der Waals surface area contributed by atoms with Crippen molar-refractivity contribution in [2.75, 3.05) is 13.7 Å². The predicted molar refractivity (Wildman–Crippen MR) is 64.9 cm³/mol. The van der Waals surface area contributed by atoms with Crippen LogP contribution in [0.3, 0.4) is 0 Å². The predicted octanol–water partition coefficient (Wildman–Crippen LogP) is 0.687. The standard InChI is InChI=1S/C12H19N3O2/c1-4-12(2,17-3)11-14-9-7-13-6-5-8(9)10(16)15-11/h13H,4-7H2,1-3H3,(H,14,15,16). The van der Waals surface area contributed by atoms with Crippen molar-refractivity contribution in [2.24, 2.45) is 0 Å². The van der Waals surface area contributed by atoms with Gasteiger partial charge in [-0.3, -0.25) is 4.79 Å². The zero-order chi connectivity index (χ0) is 12.5. The largest absolute Gasteiger partial charge is 0.371 e. The van der Waals surface area contributed by atoms with Crippen LogP contribution in [0.25, 0.3) is 0 Å². The fourth-order valence-electron chi connectivity index (χ4n) is 2.03. The van der Waals surface area contributed by atoms with E-state index < -0.39 is 5.60 Å². The second kappa shape index (κ2) is 4.58. The molecule has 0 saturated carbocycles. The van der Waals surface area contributed by atoms with E-state index >= 15 is 0 Å². The second-order valence-corrected chi connectivity index (χ2v) is 4.56. The highest BCUT2D eigenvalue weighted by Gasteiger charge is 2.28. The Morgan fingerprint density at radius 3 is 2.94 bits per heavy atom. The lowest BCUT2D eigenvalue weighted by atomic mass is 10.0. The Labute approximate surface area is 101 Å². The van der Waals surface area contributed by atoms with Gasteiger partial charge >= 0.3 is 0 Å². The van der Waals surface area contributed by atoms with E-state index in [1.54, 1.807) is 7.11 Å². The molecule has 5 heteroatoms. The molecule has 1 aromatic rings. The second-order valence-electron chi connectivity index (χ2n) is 4.56. The number of nitrogens with one attached hydrogen (secondary N) is 2. The SMILES string of the molecule is CCC(C)(OC)c1nc2c(c(=O)[nH]1)CCNC2. The van der Waals surface area contributed by atoms with E-state index in [9.17, 15) is 4.79 Å². The summed E-state index contributed by atoms with van der Waals surface area (Å²) in [4.78, 5) is 19.4. The van der Waals surface area contributed by atoms with E-state index in [1.807, 2.05) is 13.8 Å². The number of aromatic amines is 1. The van der Waals surface area contributed by atoms with Crippen molar-refractivity contribution in [2.45, 2.75) is 38.8 Å². The first-order chi connectivity index (χ1) is 8.10. The molecule has 0 aliphatic carbocycles. The topological polar surface area (TPSA) is 67.0 Å². The molecule has 17 heavy (non-hydrogen) atoms. The summed E-state index contributed by atoms with van der Waals surface area (Å²) in [5, 5.41) is 3.23. The van der Waals surface area contributed by atoms with Gasteiger partial charge in [-0.15, -0.1) is 0 Å². The third-order valence-corrected chi connectivity index (χ3v) is 3.57. The van der Waals surface area contributed by atoms with E-state index in [4.69, 9.17) is 4.74 Å². The van der Waals surface area contributed by atoms with Gasteiger partial charge in [0.05, 0.1) is 5.69 Å². The van der Waals surface area contributed by atoms with Crippen LogP contribution in [0.4, 0.5) is 0 Å². The number of hydrogen-bond donors (Lipinski definition) is 2. The number of H-pyrrole nitrogens is 1. The summed E-state index contributed by atoms with van der Waals surface area (Å²) in [6.45, 7) is 5.46. The molecule has 1 aliphatic heterocycles. The van der Waals surface area contributed by atoms with Gasteiger partial charge in [0.2, 0.25) is 0 Å². The minimum absolute atomic E-state index is 0.0248. The molecule has 0 spiro atoms. The van der Waals surface area contributed by atoms with Crippen molar-refractivity contribution < 1.29 is 4.74 Å². The van der Waals surface area contributed by atoms with Crippen LogP contribution in [0.15, 0.2) is 4.79 Å². The fraction of sp³-hybridized carbons (Fsp3) is 0.667. The summed E-state index contributed by atoms with van der Waals surface area (Å²) in [5.41, 5.74) is 1.11. The van der Waals surface area contributed by atoms with Crippen LogP contribution in [-0.4, -0.2) is 23.6 Å². The third kappa shape index (κ3) is 2.12. The molecule has 5 nitrogen and oxygen atoms in total. The van der Waals surface area contributed by atoms with E-state index in [2.05, 4.69) is 15.3 Å². The highest BCUT2D eigenvalue weighted by atomic mass is 16.5. The number of methoxy groups -OCH3 is 1. The monoisotopic (exact) mass is 237 g/mol. The van der Waals surface area contributed by atoms with Crippen LogP contribution in [-0.2, 0) is 23.3 Å². The molecular formula is C12H19N3O2. The first-order valence-electron chi connectivity index (χ1n) is 5.99. The Hall–Kier alpha value is -1.20. The van der Waals surface area contributed by atoms with Crippen LogP contribution in [0.1, 0.15) is 37.4 Å². The lowest BCUT2D eigenvalue weighted by Gasteiger charge is -2.27. The number of nitrogens with zero attached hydrogens (tertiary/aromatic N) is 1. The average Bonchev–Trinajstić information content (AvgIpc) is 2.38. The van der Waals surface area contributed by atoms with Crippen LogP contribution in [0.5, 0.6) is 0 Å². The summed E-state index contributed by atoms with van der Waals surface area (Å²) in [6, 6.07) is 0. The van der Waals surface area contributed by atoms with Crippen LogP contribution >= 0.6 is 0 Å². The first kappa shape index (κ1) is 12.3. The molecule has 1 aliphatic rings. The van der Waals surface area contributed by atoms with Crippen LogP contribution < -0.4 is 10.9 Å². The maximum atomic E-state index is 12.0. The molecule has 0 aromatic carbocycles. The third-order valence-electron chi connectivity index (χ3n) is 3.57. The summed E-state index contributed by atoms with van der Waals surface area (Å²) in [6.07, 6.45) is 1.51. The van der Waals surface area contributed by atoms with E-state index in [-0.39, 0.29) is 5.56 Å². The van der Waals surface area contributed by atoms with Gasteiger partial charge < -0.3 is 15.0 Å². The Kier molecular flexibility index (Phi) is 3.31. The minimum Gasteiger partial charge on any atom is -0.371 e. The molecule has 0 fully saturated rings. The Morgan fingerprint density at radius 2 is 2.29 bits per heavy atom. The lowest BCUT2D eigenvalue weighted by Crippen LogP contribution is -2.36. The van der Waals surface area contributed by atoms with Gasteiger partial charge in [0.25, 0.3) is 5.56 Å². The number of aromatic nitrogens is 2. The Morgan fingerprint density at radius 1 is 1.53 bits per heavy atom. The van der Waals surface area contributed by atoms with Gasteiger partial charge in [-0.05, 0) is 26.3 Å². The molecule has 1 atom stereocenters. The molecule has 0 bridgehead atoms. The Bertz CT molecular complexity index is 463. The molecule has 1 aromatic heterocycles. The molecular weight excluding hydrogens is 218 g/mol. The molecule has 0 saturated heterocycles. The maximum absolute atomic E-state index is 12.0. The van der Waals surface area contributed by atoms with Gasteiger partial charge in [-0.25, -0.2) is 4.98 Å². The first-order valence-corrected chi connectivity index (χ1v) is 5.99. The molecule has 0 radical (unpaired) electrons. The highest BCUT2D eigenvalue weighted by molar-refractivity contribution is 5.22. The van der Waals surface area contributed by atoms with Crippen LogP contribution in [0.2, 0.25) is 0 Å². The number of ether oxygens (including phenoxy) is 1. The van der Waals surface area contributed by atoms with Gasteiger partial charge in [-0.2, -0.15) is 0 Å². The molecule has 94 valence electrons. The number of hydrogen-bond acceptors (Lipinski definition) is 4. The van der Waals surface area contributed by atoms with Crippen LogP contribution in [0, 0.1) is 0 Å². The summed E-state index contributed by atoms with van der Waals surface area (Å²) in [5.74, 6) is 0.620. The molecule has 1 unspecified atom stereocenters. The zero-order valence-electron chi connectivity index (χ0n) is 10.6. The quantitative estimate of drug-likeness (QED) is 0.811. The van der Waals surface area contributed by atoms with Crippen molar-refractivity contribution in [3.63, 3.8) is 0 Å². The van der Waals surface area contributed by atoms with Gasteiger partial charge in [0.15, 0.2) is 0 Å². The van der Waals surface area contributed by atoms with Gasteiger partial charge in [-0.1, -0.05) is 6.92 Å². The van der Waals surface area contributed by atoms with E-state index in [0.29, 0.717) is 12.4 Å². The molecule has 2 heterocycles. The van der Waals surface area contributed by atoms with Crippen molar-refractivity contribution in [3.05, 3.63) is 27.4 Å². The fourth-order valence-corrected chi connectivity index (χ4v) is 2.03. The summed E-state index contributed by atoms with van der Waals surface area (Å²) in [7, 11) is 1.64. The lowest BCUT2D eigenvalue weighted by molar-refractivity contribution is -0.00944. The summed E-state index contributed by atoms with van der Waals surface area (Å²) >= 11 is 0.